The molecule has 1 saturated carbocycles. The second-order valence-corrected chi connectivity index (χ2v) is 12.9. The maximum atomic E-state index is 14.4. The number of carbonyl (C=O) groups excluding carboxylic acids is 1. The van der Waals surface area contributed by atoms with Gasteiger partial charge in [-0.1, -0.05) is 30.3 Å². The van der Waals surface area contributed by atoms with Gasteiger partial charge in [-0.25, -0.2) is 17.2 Å². The molecule has 0 spiro atoms. The number of rotatable bonds is 10. The minimum atomic E-state index is -4.58. The summed E-state index contributed by atoms with van der Waals surface area (Å²) in [4.78, 5) is 17.4. The van der Waals surface area contributed by atoms with E-state index in [0.29, 0.717) is 16.8 Å². The molecule has 1 fully saturated rings. The molecule has 5 rings (SSSR count). The van der Waals surface area contributed by atoms with Crippen molar-refractivity contribution in [1.82, 2.24) is 4.98 Å². The minimum Gasteiger partial charge on any atom is -0.488 e. The van der Waals surface area contributed by atoms with Crippen molar-refractivity contribution in [3.05, 3.63) is 114 Å². The van der Waals surface area contributed by atoms with Gasteiger partial charge in [0.1, 0.15) is 30.1 Å². The molecule has 230 valence electrons. The largest absolute Gasteiger partial charge is 0.488 e. The lowest BCUT2D eigenvalue weighted by Gasteiger charge is -2.19. The Labute approximate surface area is 251 Å². The van der Waals surface area contributed by atoms with Gasteiger partial charge in [0.2, 0.25) is 0 Å². The summed E-state index contributed by atoms with van der Waals surface area (Å²) in [5, 5.41) is -1.26. The van der Waals surface area contributed by atoms with Gasteiger partial charge in [0, 0.05) is 24.1 Å². The molecule has 0 aliphatic heterocycles. The first-order chi connectivity index (χ1) is 20.9. The molecule has 5 nitrogen and oxygen atoms in total. The van der Waals surface area contributed by atoms with Gasteiger partial charge in [0.15, 0.2) is 9.84 Å². The van der Waals surface area contributed by atoms with Crippen LogP contribution in [0.3, 0.4) is 0 Å². The van der Waals surface area contributed by atoms with E-state index in [9.17, 15) is 35.2 Å². The Morgan fingerprint density at radius 2 is 1.64 bits per heavy atom. The number of hydrogen-bond acceptors (Lipinski definition) is 5. The van der Waals surface area contributed by atoms with Crippen molar-refractivity contribution in [2.45, 2.75) is 54.8 Å². The number of benzene rings is 3. The fraction of sp³-hybridized carbons (Fsp3) is 0.273. The summed E-state index contributed by atoms with van der Waals surface area (Å²) in [5.41, 5.74) is 1.17. The van der Waals surface area contributed by atoms with Gasteiger partial charge in [0.05, 0.1) is 21.4 Å². The van der Waals surface area contributed by atoms with Crippen LogP contribution in [0.5, 0.6) is 5.75 Å². The maximum Gasteiger partial charge on any atom is 0.416 e. The molecule has 1 aliphatic carbocycles. The molecular formula is C33H28F5NO4S. The second-order valence-electron chi connectivity index (χ2n) is 10.7. The zero-order valence-electron chi connectivity index (χ0n) is 23.3. The topological polar surface area (TPSA) is 73.3 Å². The van der Waals surface area contributed by atoms with Crippen LogP contribution in [0.4, 0.5) is 22.0 Å². The van der Waals surface area contributed by atoms with Gasteiger partial charge >= 0.3 is 6.18 Å². The monoisotopic (exact) mass is 629 g/mol. The van der Waals surface area contributed by atoms with E-state index in [1.54, 1.807) is 36.4 Å². The van der Waals surface area contributed by atoms with Gasteiger partial charge in [-0.05, 0) is 85.0 Å². The zero-order valence-corrected chi connectivity index (χ0v) is 24.1. The molecule has 0 bridgehead atoms. The number of Topliss-reactive ketones (excluding diaryl/α,β-unsaturated/α-hetero) is 1. The fourth-order valence-electron chi connectivity index (χ4n) is 5.42. The molecule has 1 unspecified atom stereocenters. The number of sulfone groups is 1. The Balaban J connectivity index is 1.34. The highest BCUT2D eigenvalue weighted by molar-refractivity contribution is 7.92. The Morgan fingerprint density at radius 1 is 0.909 bits per heavy atom. The molecular weight excluding hydrogens is 601 g/mol. The Hall–Kier alpha value is -4.12. The number of carbonyl (C=O) groups is 1. The molecule has 1 aliphatic rings. The van der Waals surface area contributed by atoms with Crippen molar-refractivity contribution in [1.29, 1.82) is 0 Å². The highest BCUT2D eigenvalue weighted by Crippen LogP contribution is 2.39. The molecule has 11 heteroatoms. The van der Waals surface area contributed by atoms with Crippen LogP contribution in [0, 0.1) is 11.7 Å². The number of ketones is 1. The molecule has 3 atom stereocenters. The van der Waals surface area contributed by atoms with Crippen LogP contribution in [-0.4, -0.2) is 30.6 Å². The van der Waals surface area contributed by atoms with Gasteiger partial charge in [0.25, 0.3) is 0 Å². The van der Waals surface area contributed by atoms with E-state index < -0.39 is 50.5 Å². The van der Waals surface area contributed by atoms with E-state index in [1.165, 1.54) is 12.3 Å². The zero-order chi connectivity index (χ0) is 31.5. The highest BCUT2D eigenvalue weighted by Gasteiger charge is 2.46. The number of pyridine rings is 1. The summed E-state index contributed by atoms with van der Waals surface area (Å²) in [7, 11) is -4.08. The number of alkyl halides is 4. The predicted molar refractivity (Wildman–Crippen MR) is 154 cm³/mol. The molecule has 0 saturated heterocycles. The van der Waals surface area contributed by atoms with Crippen LogP contribution >= 0.6 is 0 Å². The average Bonchev–Trinajstić information content (AvgIpc) is 3.42. The summed E-state index contributed by atoms with van der Waals surface area (Å²) in [6.45, 7) is 0.0301. The number of hydrogen-bond donors (Lipinski definition) is 0. The SMILES string of the molecule is O=C(CCc1ccnc(-c2ccc(C(F)(F)F)cc2OCc2ccccc2)c1)[C@@H]1C[C@@H](F)CC1S(=O)(=O)c1ccc(F)cc1. The first kappa shape index (κ1) is 31.3. The highest BCUT2D eigenvalue weighted by atomic mass is 32.2. The molecule has 3 aromatic carbocycles. The Morgan fingerprint density at radius 3 is 2.34 bits per heavy atom. The number of halogens is 5. The van der Waals surface area contributed by atoms with E-state index in [2.05, 4.69) is 4.98 Å². The predicted octanol–water partition coefficient (Wildman–Crippen LogP) is 7.58. The number of ether oxygens (including phenoxy) is 1. The van der Waals surface area contributed by atoms with Gasteiger partial charge < -0.3 is 4.74 Å². The van der Waals surface area contributed by atoms with E-state index in [1.807, 2.05) is 6.07 Å². The van der Waals surface area contributed by atoms with Crippen molar-refractivity contribution in [3.63, 3.8) is 0 Å². The third kappa shape index (κ3) is 7.15. The quantitative estimate of drug-likeness (QED) is 0.134. The smallest absolute Gasteiger partial charge is 0.416 e. The molecule has 1 aromatic heterocycles. The van der Waals surface area contributed by atoms with E-state index in [0.717, 1.165) is 42.0 Å². The van der Waals surface area contributed by atoms with Crippen molar-refractivity contribution in [2.24, 2.45) is 5.92 Å². The molecule has 0 radical (unpaired) electrons. The fourth-order valence-corrected chi connectivity index (χ4v) is 7.44. The standard InChI is InChI=1S/C33H28F5NO4S/c34-24-8-10-26(11-9-24)44(41,42)32-19-25(35)18-28(32)30(40)13-6-21-14-15-39-29(16-21)27-12-7-23(33(36,37)38)17-31(27)43-20-22-4-2-1-3-5-22/h1-5,7-12,14-17,25,28,32H,6,13,18-20H2/t25-,28+,32?/m1/s1. The van der Waals surface area contributed by atoms with Gasteiger partial charge in [-0.3, -0.25) is 9.78 Å². The van der Waals surface area contributed by atoms with E-state index in [-0.39, 0.29) is 42.9 Å². The van der Waals surface area contributed by atoms with Crippen LogP contribution in [0.15, 0.2) is 96.0 Å². The van der Waals surface area contributed by atoms with Crippen molar-refractivity contribution < 1.29 is 39.9 Å². The summed E-state index contributed by atoms with van der Waals surface area (Å²) in [6, 6.07) is 19.6. The molecule has 1 heterocycles. The first-order valence-corrected chi connectivity index (χ1v) is 15.5. The lowest BCUT2D eigenvalue weighted by Crippen LogP contribution is -2.31. The Kier molecular flexibility index (Phi) is 9.15. The van der Waals surface area contributed by atoms with Crippen molar-refractivity contribution in [3.8, 4) is 17.0 Å². The summed E-state index contributed by atoms with van der Waals surface area (Å²) >= 11 is 0. The van der Waals surface area contributed by atoms with Crippen molar-refractivity contribution in [2.75, 3.05) is 0 Å². The van der Waals surface area contributed by atoms with Crippen LogP contribution < -0.4 is 4.74 Å². The molecule has 0 amide bonds. The first-order valence-electron chi connectivity index (χ1n) is 13.9. The third-order valence-electron chi connectivity index (χ3n) is 7.71. The summed E-state index contributed by atoms with van der Waals surface area (Å²) < 4.78 is 100. The normalized spacial score (nSPS) is 18.7. The molecule has 44 heavy (non-hydrogen) atoms. The summed E-state index contributed by atoms with van der Waals surface area (Å²) in [6.07, 6.45) is -5.05. The van der Waals surface area contributed by atoms with Gasteiger partial charge in [-0.2, -0.15) is 13.2 Å². The average molecular weight is 630 g/mol. The van der Waals surface area contributed by atoms with Crippen LogP contribution in [0.1, 0.15) is 36.0 Å². The van der Waals surface area contributed by atoms with E-state index in [4.69, 9.17) is 4.74 Å². The second kappa shape index (κ2) is 12.9. The number of aryl methyl sites for hydroxylation is 1. The number of aromatic nitrogens is 1. The summed E-state index contributed by atoms with van der Waals surface area (Å²) in [5.74, 6) is -2.11. The van der Waals surface area contributed by atoms with Gasteiger partial charge in [-0.15, -0.1) is 0 Å². The van der Waals surface area contributed by atoms with E-state index >= 15 is 0 Å². The lowest BCUT2D eigenvalue weighted by atomic mass is 9.96. The molecule has 4 aromatic rings. The third-order valence-corrected chi connectivity index (χ3v) is 9.95. The maximum absolute atomic E-state index is 14.4. The Bertz CT molecular complexity index is 1730. The number of nitrogens with zero attached hydrogens (tertiary/aromatic N) is 1. The van der Waals surface area contributed by atoms with Crippen LogP contribution in [-0.2, 0) is 33.8 Å². The lowest BCUT2D eigenvalue weighted by molar-refractivity contribution is -0.137. The minimum absolute atomic E-state index is 0.0156. The van der Waals surface area contributed by atoms with Crippen LogP contribution in [0.2, 0.25) is 0 Å². The molecule has 0 N–H and O–H groups in total. The van der Waals surface area contributed by atoms with Crippen LogP contribution in [0.25, 0.3) is 11.3 Å². The van der Waals surface area contributed by atoms with Crippen molar-refractivity contribution >= 4 is 15.6 Å².